The predicted molar refractivity (Wildman–Crippen MR) is 88.6 cm³/mol. The number of thioether (sulfide) groups is 1. The second kappa shape index (κ2) is 8.02. The molecule has 0 aromatic carbocycles. The summed E-state index contributed by atoms with van der Waals surface area (Å²) in [7, 11) is 0. The molecule has 0 spiro atoms. The molecule has 2 heterocycles. The van der Waals surface area contributed by atoms with Gasteiger partial charge in [-0.3, -0.25) is 9.59 Å². The van der Waals surface area contributed by atoms with E-state index in [1.807, 2.05) is 26.8 Å². The Morgan fingerprint density at radius 2 is 2.27 bits per heavy atom. The van der Waals surface area contributed by atoms with Gasteiger partial charge in [-0.05, 0) is 33.1 Å². The number of hydrogen-bond acceptors (Lipinski definition) is 4. The van der Waals surface area contributed by atoms with Gasteiger partial charge < -0.3 is 15.0 Å². The highest BCUT2D eigenvalue weighted by atomic mass is 32.2. The lowest BCUT2D eigenvalue weighted by Gasteiger charge is -2.26. The van der Waals surface area contributed by atoms with Gasteiger partial charge in [0.25, 0.3) is 5.91 Å². The van der Waals surface area contributed by atoms with Crippen LogP contribution in [0.15, 0.2) is 11.6 Å². The number of nitrogens with one attached hydrogen (secondary N) is 1. The van der Waals surface area contributed by atoms with Gasteiger partial charge in [-0.2, -0.15) is 0 Å². The van der Waals surface area contributed by atoms with Crippen molar-refractivity contribution in [1.82, 2.24) is 10.2 Å². The Hall–Kier alpha value is -1.01. The summed E-state index contributed by atoms with van der Waals surface area (Å²) in [6.07, 6.45) is 4.88. The van der Waals surface area contributed by atoms with Crippen LogP contribution in [0.25, 0.3) is 0 Å². The van der Waals surface area contributed by atoms with Crippen LogP contribution < -0.4 is 5.32 Å². The fourth-order valence-electron chi connectivity index (χ4n) is 2.89. The third-order valence-electron chi connectivity index (χ3n) is 4.19. The molecular formula is C16H26N2O3S. The molecule has 3 atom stereocenters. The summed E-state index contributed by atoms with van der Waals surface area (Å²) in [6, 6.07) is -0.383. The van der Waals surface area contributed by atoms with E-state index in [0.717, 1.165) is 31.4 Å². The molecule has 2 rings (SSSR count). The molecule has 1 N–H and O–H groups in total. The maximum absolute atomic E-state index is 12.5. The lowest BCUT2D eigenvalue weighted by Crippen LogP contribution is -2.51. The minimum Gasteiger partial charge on any atom is -0.376 e. The molecule has 0 unspecified atom stereocenters. The SMILES string of the molecule is CC/C=C(/C)C(=O)N1CSC[C@@H]1C(=O)N[C@H](C)[C@@H]1CCCO1. The van der Waals surface area contributed by atoms with E-state index in [0.29, 0.717) is 11.6 Å². The molecule has 22 heavy (non-hydrogen) atoms. The molecule has 2 amide bonds. The van der Waals surface area contributed by atoms with Gasteiger partial charge in [0, 0.05) is 17.9 Å². The fraction of sp³-hybridized carbons (Fsp3) is 0.750. The molecule has 5 nitrogen and oxygen atoms in total. The second-order valence-corrected chi connectivity index (χ2v) is 6.93. The van der Waals surface area contributed by atoms with Gasteiger partial charge in [-0.1, -0.05) is 13.0 Å². The van der Waals surface area contributed by atoms with Crippen molar-refractivity contribution in [3.63, 3.8) is 0 Å². The number of carbonyl (C=O) groups excluding carboxylic acids is 2. The number of ether oxygens (including phenoxy) is 1. The van der Waals surface area contributed by atoms with Gasteiger partial charge in [0.15, 0.2) is 0 Å². The topological polar surface area (TPSA) is 58.6 Å². The van der Waals surface area contributed by atoms with Crippen LogP contribution in [-0.4, -0.2) is 53.1 Å². The van der Waals surface area contributed by atoms with Gasteiger partial charge in [0.05, 0.1) is 18.0 Å². The van der Waals surface area contributed by atoms with Crippen LogP contribution in [-0.2, 0) is 14.3 Å². The minimum atomic E-state index is -0.374. The first kappa shape index (κ1) is 17.3. The van der Waals surface area contributed by atoms with Crippen LogP contribution in [0.5, 0.6) is 0 Å². The van der Waals surface area contributed by atoms with Crippen LogP contribution in [0.2, 0.25) is 0 Å². The quantitative estimate of drug-likeness (QED) is 0.784. The Kier molecular flexibility index (Phi) is 6.32. The van der Waals surface area contributed by atoms with E-state index in [-0.39, 0.29) is 30.0 Å². The van der Waals surface area contributed by atoms with E-state index in [9.17, 15) is 9.59 Å². The average molecular weight is 326 g/mol. The summed E-state index contributed by atoms with van der Waals surface area (Å²) < 4.78 is 5.61. The third kappa shape index (κ3) is 4.04. The molecule has 124 valence electrons. The van der Waals surface area contributed by atoms with Crippen LogP contribution >= 0.6 is 11.8 Å². The van der Waals surface area contributed by atoms with Crippen molar-refractivity contribution >= 4 is 23.6 Å². The van der Waals surface area contributed by atoms with Gasteiger partial charge in [-0.25, -0.2) is 0 Å². The Morgan fingerprint density at radius 3 is 2.91 bits per heavy atom. The smallest absolute Gasteiger partial charge is 0.250 e. The molecule has 0 radical (unpaired) electrons. The summed E-state index contributed by atoms with van der Waals surface area (Å²) in [5, 5.41) is 3.03. The van der Waals surface area contributed by atoms with Crippen LogP contribution in [0, 0.1) is 0 Å². The number of nitrogens with zero attached hydrogens (tertiary/aromatic N) is 1. The maximum atomic E-state index is 12.5. The summed E-state index contributed by atoms with van der Waals surface area (Å²) in [6.45, 7) is 6.57. The Bertz CT molecular complexity index is 447. The zero-order chi connectivity index (χ0) is 16.1. The minimum absolute atomic E-state index is 0.00941. The Labute approximate surface area is 136 Å². The number of hydrogen-bond donors (Lipinski definition) is 1. The van der Waals surface area contributed by atoms with Crippen LogP contribution in [0.4, 0.5) is 0 Å². The highest BCUT2D eigenvalue weighted by Crippen LogP contribution is 2.24. The highest BCUT2D eigenvalue weighted by molar-refractivity contribution is 7.99. The first-order valence-corrected chi connectivity index (χ1v) is 9.17. The lowest BCUT2D eigenvalue weighted by molar-refractivity contribution is -0.136. The van der Waals surface area contributed by atoms with Gasteiger partial charge in [0.2, 0.25) is 5.91 Å². The molecular weight excluding hydrogens is 300 g/mol. The summed E-state index contributed by atoms with van der Waals surface area (Å²) >= 11 is 1.63. The standard InChI is InChI=1S/C16H26N2O3S/c1-4-6-11(2)16(20)18-10-22-9-13(18)15(19)17-12(3)14-7-5-8-21-14/h6,12-14H,4-5,7-10H2,1-3H3,(H,17,19)/b11-6-/t12-,13-,14+/m1/s1. The molecule has 2 saturated heterocycles. The molecule has 6 heteroatoms. The molecule has 2 aliphatic heterocycles. The fourth-order valence-corrected chi connectivity index (χ4v) is 4.04. The Morgan fingerprint density at radius 1 is 1.50 bits per heavy atom. The van der Waals surface area contributed by atoms with E-state index in [1.165, 1.54) is 0 Å². The first-order chi connectivity index (χ1) is 10.5. The molecule has 2 fully saturated rings. The monoisotopic (exact) mass is 326 g/mol. The van der Waals surface area contributed by atoms with Crippen molar-refractivity contribution in [2.75, 3.05) is 18.2 Å². The summed E-state index contributed by atoms with van der Waals surface area (Å²) in [5.41, 5.74) is 0.718. The first-order valence-electron chi connectivity index (χ1n) is 8.02. The Balaban J connectivity index is 1.95. The molecule has 0 aromatic rings. The number of allylic oxidation sites excluding steroid dienone is 1. The summed E-state index contributed by atoms with van der Waals surface area (Å²) in [4.78, 5) is 26.6. The van der Waals surface area contributed by atoms with Gasteiger partial charge in [-0.15, -0.1) is 11.8 Å². The third-order valence-corrected chi connectivity index (χ3v) is 5.20. The van der Waals surface area contributed by atoms with Crippen molar-refractivity contribution in [2.24, 2.45) is 0 Å². The normalized spacial score (nSPS) is 27.0. The van der Waals surface area contributed by atoms with Crippen molar-refractivity contribution in [2.45, 2.75) is 58.2 Å². The zero-order valence-corrected chi connectivity index (χ0v) is 14.4. The van der Waals surface area contributed by atoms with E-state index in [1.54, 1.807) is 16.7 Å². The van der Waals surface area contributed by atoms with E-state index >= 15 is 0 Å². The average Bonchev–Trinajstić information content (AvgIpc) is 3.17. The number of rotatable bonds is 5. The van der Waals surface area contributed by atoms with Gasteiger partial charge >= 0.3 is 0 Å². The van der Waals surface area contributed by atoms with Gasteiger partial charge in [0.1, 0.15) is 6.04 Å². The molecule has 2 aliphatic rings. The van der Waals surface area contributed by atoms with Crippen molar-refractivity contribution in [3.05, 3.63) is 11.6 Å². The van der Waals surface area contributed by atoms with Crippen molar-refractivity contribution in [3.8, 4) is 0 Å². The van der Waals surface area contributed by atoms with Crippen molar-refractivity contribution < 1.29 is 14.3 Å². The van der Waals surface area contributed by atoms with E-state index < -0.39 is 0 Å². The second-order valence-electron chi connectivity index (χ2n) is 5.93. The van der Waals surface area contributed by atoms with Crippen molar-refractivity contribution in [1.29, 1.82) is 0 Å². The van der Waals surface area contributed by atoms with E-state index in [4.69, 9.17) is 4.74 Å². The summed E-state index contributed by atoms with van der Waals surface area (Å²) in [5.74, 6) is 1.15. The highest BCUT2D eigenvalue weighted by Gasteiger charge is 2.36. The molecule has 0 saturated carbocycles. The number of amides is 2. The molecule has 0 aliphatic carbocycles. The zero-order valence-electron chi connectivity index (χ0n) is 13.6. The lowest BCUT2D eigenvalue weighted by atomic mass is 10.1. The molecule has 0 bridgehead atoms. The molecule has 0 aromatic heterocycles. The van der Waals surface area contributed by atoms with Crippen LogP contribution in [0.1, 0.15) is 40.0 Å². The maximum Gasteiger partial charge on any atom is 0.250 e. The number of carbonyl (C=O) groups is 2. The van der Waals surface area contributed by atoms with Crippen LogP contribution in [0.3, 0.4) is 0 Å². The predicted octanol–water partition coefficient (Wildman–Crippen LogP) is 1.93. The largest absolute Gasteiger partial charge is 0.376 e. The van der Waals surface area contributed by atoms with E-state index in [2.05, 4.69) is 5.32 Å².